The van der Waals surface area contributed by atoms with Crippen molar-refractivity contribution in [1.82, 2.24) is 0 Å². The van der Waals surface area contributed by atoms with Gasteiger partial charge < -0.3 is 18.9 Å². The zero-order valence-electron chi connectivity index (χ0n) is 77.2. The van der Waals surface area contributed by atoms with E-state index in [-0.39, 0.29) is 5.75 Å². The minimum atomic E-state index is -3.56. The van der Waals surface area contributed by atoms with Crippen molar-refractivity contribution in [2.75, 3.05) is 39.5 Å². The van der Waals surface area contributed by atoms with Crippen LogP contribution in [-0.4, -0.2) is 61.6 Å². The SMILES string of the molecule is CC(C)=CCC/C(C)=C/CC/C(C)=C/CC/C(C)=C/CC/C(C)=C/CS(=O)(=O)c1ccccc1.COc1c(C)c(C/C=C(\C)CC/C=C(\C)CBr)c(OC)c2ccccc12.COc1c(C)c(C/C=C(\C)CC/C=C(\C)CC(/C=C(\C)CC/C=C(\C)CC/C=C(\C)CC/C=C(\C)CCC=C(C)C)S(=O)(=O)c2ccccc2)c(OC)c2ccccc12. The van der Waals surface area contributed by atoms with Gasteiger partial charge in [-0.25, -0.2) is 16.8 Å². The van der Waals surface area contributed by atoms with E-state index in [0.29, 0.717) is 16.2 Å². The molecular weight excluding hydrogens is 1570 g/mol. The van der Waals surface area contributed by atoms with E-state index in [9.17, 15) is 16.8 Å². The van der Waals surface area contributed by atoms with Crippen LogP contribution in [0.4, 0.5) is 0 Å². The van der Waals surface area contributed by atoms with Gasteiger partial charge in [-0.2, -0.15) is 0 Å². The number of rotatable bonds is 47. The molecule has 0 aromatic heterocycles. The van der Waals surface area contributed by atoms with Gasteiger partial charge in [0.2, 0.25) is 0 Å². The van der Waals surface area contributed by atoms with Gasteiger partial charge in [0.25, 0.3) is 0 Å². The molecule has 119 heavy (non-hydrogen) atoms. The smallest absolute Gasteiger partial charge is 0.185 e. The Morgan fingerprint density at radius 3 is 0.882 bits per heavy atom. The van der Waals surface area contributed by atoms with Gasteiger partial charge in [-0.1, -0.05) is 264 Å². The summed E-state index contributed by atoms with van der Waals surface area (Å²) in [6, 6.07) is 34.1. The van der Waals surface area contributed by atoms with Gasteiger partial charge in [-0.15, -0.1) is 0 Å². The first-order chi connectivity index (χ1) is 56.8. The largest absolute Gasteiger partial charge is 0.496 e. The van der Waals surface area contributed by atoms with Crippen molar-refractivity contribution in [3.63, 3.8) is 0 Å². The zero-order valence-corrected chi connectivity index (χ0v) is 80.4. The average Bonchev–Trinajstić information content (AvgIpc) is 0.773. The predicted octanol–water partition coefficient (Wildman–Crippen LogP) is 31.6. The molecule has 1 unspecified atom stereocenters. The number of sulfone groups is 2. The maximum absolute atomic E-state index is 14.0. The summed E-state index contributed by atoms with van der Waals surface area (Å²) in [6.45, 7) is 38.9. The lowest BCUT2D eigenvalue weighted by molar-refractivity contribution is 0.404. The van der Waals surface area contributed by atoms with E-state index in [1.165, 1.54) is 66.9 Å². The third-order valence-electron chi connectivity index (χ3n) is 22.0. The molecule has 0 aliphatic carbocycles. The summed E-state index contributed by atoms with van der Waals surface area (Å²) in [4.78, 5) is 0.769. The molecule has 0 radical (unpaired) electrons. The molecule has 0 heterocycles. The zero-order chi connectivity index (χ0) is 87.9. The Hall–Kier alpha value is -8.22. The summed E-state index contributed by atoms with van der Waals surface area (Å²) >= 11 is 3.49. The van der Waals surface area contributed by atoms with E-state index < -0.39 is 24.9 Å². The minimum absolute atomic E-state index is 0.0692. The number of methoxy groups -OCH3 is 4. The van der Waals surface area contributed by atoms with Crippen LogP contribution in [0.15, 0.2) is 282 Å². The van der Waals surface area contributed by atoms with Crippen LogP contribution in [0.25, 0.3) is 21.5 Å². The van der Waals surface area contributed by atoms with Gasteiger partial charge >= 0.3 is 0 Å². The highest BCUT2D eigenvalue weighted by Crippen LogP contribution is 2.43. The van der Waals surface area contributed by atoms with Gasteiger partial charge in [-0.05, 0) is 308 Å². The summed E-state index contributed by atoms with van der Waals surface area (Å²) < 4.78 is 76.1. The summed E-state index contributed by atoms with van der Waals surface area (Å²) in [6.07, 6.45) is 54.7. The van der Waals surface area contributed by atoms with Crippen molar-refractivity contribution in [2.45, 2.75) is 287 Å². The lowest BCUT2D eigenvalue weighted by Gasteiger charge is -2.18. The van der Waals surface area contributed by atoms with E-state index in [1.54, 1.807) is 77.0 Å². The molecular formula is C108H149BrO8S2. The Kier molecular flexibility index (Phi) is 48.9. The van der Waals surface area contributed by atoms with Crippen LogP contribution in [0.3, 0.4) is 0 Å². The molecule has 0 saturated heterocycles. The van der Waals surface area contributed by atoms with E-state index >= 15 is 0 Å². The Labute approximate surface area is 732 Å². The first-order valence-corrected chi connectivity index (χ1v) is 47.7. The summed E-state index contributed by atoms with van der Waals surface area (Å²) in [5.74, 6) is 3.76. The maximum Gasteiger partial charge on any atom is 0.185 e. The molecule has 6 aromatic rings. The molecule has 0 fully saturated rings. The second-order valence-electron chi connectivity index (χ2n) is 33.2. The highest BCUT2D eigenvalue weighted by atomic mass is 79.9. The second-order valence-corrected chi connectivity index (χ2v) is 37.9. The molecule has 6 rings (SSSR count). The van der Waals surface area contributed by atoms with Gasteiger partial charge in [0.1, 0.15) is 23.0 Å². The monoisotopic (exact) mass is 1720 g/mol. The quantitative estimate of drug-likeness (QED) is 0.0275. The number of alkyl halides is 1. The van der Waals surface area contributed by atoms with E-state index in [4.69, 9.17) is 18.9 Å². The Morgan fingerprint density at radius 2 is 0.571 bits per heavy atom. The second kappa shape index (κ2) is 56.4. The van der Waals surface area contributed by atoms with Gasteiger partial charge in [-0.3, -0.25) is 0 Å². The molecule has 11 heteroatoms. The number of benzene rings is 6. The lowest BCUT2D eigenvalue weighted by atomic mass is 9.95. The maximum atomic E-state index is 14.0. The van der Waals surface area contributed by atoms with Crippen molar-refractivity contribution in [2.24, 2.45) is 0 Å². The fourth-order valence-corrected chi connectivity index (χ4v) is 17.8. The van der Waals surface area contributed by atoms with Gasteiger partial charge in [0.05, 0.1) is 49.2 Å². The van der Waals surface area contributed by atoms with Crippen LogP contribution < -0.4 is 18.9 Å². The van der Waals surface area contributed by atoms with Crippen molar-refractivity contribution in [1.29, 1.82) is 0 Å². The van der Waals surface area contributed by atoms with E-state index in [1.807, 2.05) is 55.5 Å². The molecule has 1 atom stereocenters. The molecule has 648 valence electrons. The van der Waals surface area contributed by atoms with Crippen LogP contribution in [0.2, 0.25) is 0 Å². The van der Waals surface area contributed by atoms with Crippen LogP contribution in [-0.2, 0) is 32.5 Å². The third-order valence-corrected chi connectivity index (χ3v) is 26.5. The number of fused-ring (bicyclic) bond motifs is 2. The van der Waals surface area contributed by atoms with Crippen LogP contribution in [0.1, 0.15) is 268 Å². The minimum Gasteiger partial charge on any atom is -0.496 e. The third kappa shape index (κ3) is 38.6. The Morgan fingerprint density at radius 1 is 0.311 bits per heavy atom. The Bertz CT molecular complexity index is 4860. The topological polar surface area (TPSA) is 105 Å². The molecule has 8 nitrogen and oxygen atoms in total. The summed E-state index contributed by atoms with van der Waals surface area (Å²) in [5, 5.41) is 4.64. The summed E-state index contributed by atoms with van der Waals surface area (Å²) in [7, 11) is 0.151. The Balaban J connectivity index is 0.000000417. The lowest BCUT2D eigenvalue weighted by Crippen LogP contribution is -2.20. The molecule has 0 bridgehead atoms. The van der Waals surface area contributed by atoms with Crippen molar-refractivity contribution in [3.8, 4) is 23.0 Å². The van der Waals surface area contributed by atoms with E-state index in [0.717, 1.165) is 225 Å². The molecule has 0 spiro atoms. The van der Waals surface area contributed by atoms with Crippen molar-refractivity contribution < 1.29 is 35.8 Å². The number of halogens is 1. The molecule has 6 aromatic carbocycles. The molecule has 0 aliphatic heterocycles. The highest BCUT2D eigenvalue weighted by Gasteiger charge is 2.27. The number of hydrogen-bond acceptors (Lipinski definition) is 8. The first-order valence-electron chi connectivity index (χ1n) is 43.3. The standard InChI is InChI=1S/C54H74O4S.C31H46O2S.C23H29BrO2/c1-40(2)22-17-23-41(3)24-18-25-42(4)26-19-27-43(5)28-20-30-45(7)38-49(59(55,56)48-32-13-12-14-33-48)39-46(8)31-21-29-44(6)36-37-50-47(9)53(57-10)51-34-15-16-35-52(51)54(50)58-11;1-26(2)14-10-15-27(3)16-11-17-28(4)18-12-19-29(5)20-13-21-30(6)24-25-34(32,33)31-22-8-7-9-23-31;1-16(9-8-10-17(2)15-24)13-14-19-18(3)22(25-4)20-11-6-7-12-21(20)23(19)26-5/h12-16,22,24,26,28,31-36,38,49H,17-21,23,25,27,29-30,37,39H2,1-11H3;7-9,14,16,18,20,22-24H,10-13,15,17,19,21,25H2,1-6H3;6-7,10-13H,8-9,14-15H2,1-5H3/b41-24+,42-26+,43-28+,44-36+,45-38+,46-31+;27-16+,28-18+,29-20+,30-24+;16-13+,17-10+. The number of allylic oxidation sites excluding steroid dienone is 26. The van der Waals surface area contributed by atoms with Gasteiger partial charge in [0.15, 0.2) is 19.7 Å². The molecule has 0 aliphatic rings. The highest BCUT2D eigenvalue weighted by molar-refractivity contribution is 9.09. The number of ether oxygens (including phenoxy) is 4. The molecule has 0 N–H and O–H groups in total. The van der Waals surface area contributed by atoms with Crippen LogP contribution in [0, 0.1) is 13.8 Å². The normalized spacial score (nSPS) is 13.7. The first kappa shape index (κ1) is 103. The van der Waals surface area contributed by atoms with Crippen LogP contribution in [0.5, 0.6) is 23.0 Å². The summed E-state index contributed by atoms with van der Waals surface area (Å²) in [5.41, 5.74) is 23.5. The van der Waals surface area contributed by atoms with Crippen molar-refractivity contribution >= 4 is 57.1 Å². The fraction of sp³-hybridized carbons (Fsp3) is 0.444. The van der Waals surface area contributed by atoms with Gasteiger partial charge in [0, 0.05) is 38.0 Å². The molecule has 0 amide bonds. The molecule has 0 saturated carbocycles. The number of hydrogen-bond donors (Lipinski definition) is 0. The fourth-order valence-electron chi connectivity index (χ4n) is 14.5. The van der Waals surface area contributed by atoms with E-state index in [2.05, 4.69) is 231 Å². The van der Waals surface area contributed by atoms with Crippen molar-refractivity contribution in [3.05, 3.63) is 295 Å². The average molecular weight is 1720 g/mol. The van der Waals surface area contributed by atoms with Crippen LogP contribution >= 0.6 is 15.9 Å². The predicted molar refractivity (Wildman–Crippen MR) is 522 cm³/mol.